The Morgan fingerprint density at radius 2 is 2.00 bits per heavy atom. The van der Waals surface area contributed by atoms with Gasteiger partial charge < -0.3 is 24.0 Å². The van der Waals surface area contributed by atoms with Gasteiger partial charge in [-0.25, -0.2) is 0 Å². The summed E-state index contributed by atoms with van der Waals surface area (Å²) in [6, 6.07) is 9.81. The van der Waals surface area contributed by atoms with Crippen LogP contribution in [0.25, 0.3) is 0 Å². The molecule has 5 rings (SSSR count). The maximum Gasteiger partial charge on any atom is 0.249 e. The molecule has 0 radical (unpaired) electrons. The second-order valence-electron chi connectivity index (χ2n) is 8.13. The standard InChI is InChI=1S/C23H27N3O4/c27-23-16-29-15-21(26(23)14-17-4-5-17)20-13-24-7-6-22(20)30-19-3-1-2-18(12-19)25-8-10-28-11-9-25/h1-3,6-7,12-13,17,21H,4-5,8-11,14-16H2. The van der Waals surface area contributed by atoms with Gasteiger partial charge in [0, 0.05) is 49.3 Å². The summed E-state index contributed by atoms with van der Waals surface area (Å²) >= 11 is 0. The summed E-state index contributed by atoms with van der Waals surface area (Å²) in [4.78, 5) is 21.1. The molecule has 3 fully saturated rings. The molecule has 2 aromatic rings. The smallest absolute Gasteiger partial charge is 0.249 e. The van der Waals surface area contributed by atoms with Gasteiger partial charge in [0.05, 0.1) is 25.9 Å². The number of carbonyl (C=O) groups excluding carboxylic acids is 1. The molecular weight excluding hydrogens is 382 g/mol. The second-order valence-corrected chi connectivity index (χ2v) is 8.13. The molecule has 3 heterocycles. The van der Waals surface area contributed by atoms with Gasteiger partial charge in [-0.3, -0.25) is 9.78 Å². The van der Waals surface area contributed by atoms with Crippen LogP contribution < -0.4 is 9.64 Å². The van der Waals surface area contributed by atoms with Gasteiger partial charge in [0.25, 0.3) is 0 Å². The van der Waals surface area contributed by atoms with E-state index in [0.29, 0.717) is 18.3 Å². The van der Waals surface area contributed by atoms with Crippen molar-refractivity contribution in [3.8, 4) is 11.5 Å². The maximum atomic E-state index is 12.6. The number of ether oxygens (including phenoxy) is 3. The minimum Gasteiger partial charge on any atom is -0.457 e. The first kappa shape index (κ1) is 19.3. The van der Waals surface area contributed by atoms with E-state index in [2.05, 4.69) is 22.0 Å². The van der Waals surface area contributed by atoms with Gasteiger partial charge in [-0.1, -0.05) is 6.07 Å². The lowest BCUT2D eigenvalue weighted by Crippen LogP contribution is -2.45. The van der Waals surface area contributed by atoms with E-state index in [0.717, 1.165) is 49.8 Å². The number of anilines is 1. The number of hydrogen-bond acceptors (Lipinski definition) is 6. The lowest BCUT2D eigenvalue weighted by molar-refractivity contribution is -0.148. The highest BCUT2D eigenvalue weighted by Gasteiger charge is 2.36. The molecule has 2 aliphatic heterocycles. The van der Waals surface area contributed by atoms with Gasteiger partial charge in [-0.2, -0.15) is 0 Å². The fourth-order valence-electron chi connectivity index (χ4n) is 4.10. The van der Waals surface area contributed by atoms with Crippen molar-refractivity contribution in [2.45, 2.75) is 18.9 Å². The molecule has 1 atom stereocenters. The average molecular weight is 409 g/mol. The molecule has 1 aliphatic carbocycles. The van der Waals surface area contributed by atoms with Gasteiger partial charge in [0.1, 0.15) is 18.1 Å². The van der Waals surface area contributed by atoms with Crippen LogP contribution in [0.2, 0.25) is 0 Å². The fourth-order valence-corrected chi connectivity index (χ4v) is 4.10. The monoisotopic (exact) mass is 409 g/mol. The molecule has 0 N–H and O–H groups in total. The molecule has 1 saturated carbocycles. The lowest BCUT2D eigenvalue weighted by Gasteiger charge is -2.36. The summed E-state index contributed by atoms with van der Waals surface area (Å²) in [7, 11) is 0. The Morgan fingerprint density at radius 3 is 2.83 bits per heavy atom. The van der Waals surface area contributed by atoms with Crippen molar-refractivity contribution < 1.29 is 19.0 Å². The molecule has 0 bridgehead atoms. The molecule has 2 saturated heterocycles. The van der Waals surface area contributed by atoms with Gasteiger partial charge in [0.2, 0.25) is 5.91 Å². The zero-order valence-corrected chi connectivity index (χ0v) is 17.0. The van der Waals surface area contributed by atoms with Crippen molar-refractivity contribution in [2.75, 3.05) is 51.0 Å². The molecule has 1 aromatic carbocycles. The van der Waals surface area contributed by atoms with Gasteiger partial charge >= 0.3 is 0 Å². The van der Waals surface area contributed by atoms with Crippen molar-refractivity contribution in [2.24, 2.45) is 5.92 Å². The molecule has 0 spiro atoms. The number of rotatable bonds is 6. The summed E-state index contributed by atoms with van der Waals surface area (Å²) in [5, 5.41) is 0. The van der Waals surface area contributed by atoms with Crippen LogP contribution in [0.1, 0.15) is 24.4 Å². The number of benzene rings is 1. The Bertz CT molecular complexity index is 896. The molecule has 1 aromatic heterocycles. The second kappa shape index (κ2) is 8.62. The number of amides is 1. The number of pyridine rings is 1. The highest BCUT2D eigenvalue weighted by molar-refractivity contribution is 5.79. The van der Waals surface area contributed by atoms with Crippen LogP contribution in [0.5, 0.6) is 11.5 Å². The third-order valence-electron chi connectivity index (χ3n) is 5.94. The number of morpholine rings is 2. The predicted octanol–water partition coefficient (Wildman–Crippen LogP) is 3.02. The van der Waals surface area contributed by atoms with Crippen LogP contribution in [0, 0.1) is 5.92 Å². The fraction of sp³-hybridized carbons (Fsp3) is 0.478. The maximum absolute atomic E-state index is 12.6. The minimum absolute atomic E-state index is 0.0438. The highest BCUT2D eigenvalue weighted by Crippen LogP contribution is 2.38. The van der Waals surface area contributed by atoms with Crippen molar-refractivity contribution >= 4 is 11.6 Å². The van der Waals surface area contributed by atoms with Crippen LogP contribution in [0.3, 0.4) is 0 Å². The van der Waals surface area contributed by atoms with Gasteiger partial charge in [-0.05, 0) is 37.0 Å². The summed E-state index contributed by atoms with van der Waals surface area (Å²) < 4.78 is 17.4. The van der Waals surface area contributed by atoms with Crippen molar-refractivity contribution in [1.29, 1.82) is 0 Å². The molecule has 1 unspecified atom stereocenters. The minimum atomic E-state index is -0.169. The molecule has 7 heteroatoms. The van der Waals surface area contributed by atoms with Gasteiger partial charge in [0.15, 0.2) is 0 Å². The van der Waals surface area contributed by atoms with E-state index < -0.39 is 0 Å². The molecule has 7 nitrogen and oxygen atoms in total. The van der Waals surface area contributed by atoms with Crippen LogP contribution in [-0.2, 0) is 14.3 Å². The van der Waals surface area contributed by atoms with Crippen molar-refractivity contribution in [3.63, 3.8) is 0 Å². The lowest BCUT2D eigenvalue weighted by atomic mass is 10.1. The summed E-state index contributed by atoms with van der Waals surface area (Å²) in [6.07, 6.45) is 5.92. The first-order valence-corrected chi connectivity index (χ1v) is 10.7. The first-order valence-electron chi connectivity index (χ1n) is 10.7. The molecule has 30 heavy (non-hydrogen) atoms. The highest BCUT2D eigenvalue weighted by atomic mass is 16.5. The SMILES string of the molecule is O=C1COCC(c2cnccc2Oc2cccc(N3CCOCC3)c2)N1CC1CC1. The van der Waals surface area contributed by atoms with E-state index in [-0.39, 0.29) is 18.6 Å². The third kappa shape index (κ3) is 4.27. The number of hydrogen-bond donors (Lipinski definition) is 0. The quantitative estimate of drug-likeness (QED) is 0.731. The van der Waals surface area contributed by atoms with Crippen molar-refractivity contribution in [1.82, 2.24) is 9.88 Å². The topological polar surface area (TPSA) is 64.1 Å². The first-order chi connectivity index (χ1) is 14.8. The van der Waals surface area contributed by atoms with E-state index in [9.17, 15) is 4.79 Å². The Morgan fingerprint density at radius 1 is 1.13 bits per heavy atom. The molecule has 3 aliphatic rings. The van der Waals surface area contributed by atoms with Crippen LogP contribution in [-0.4, -0.2) is 61.9 Å². The predicted molar refractivity (Wildman–Crippen MR) is 112 cm³/mol. The zero-order chi connectivity index (χ0) is 20.3. The third-order valence-corrected chi connectivity index (χ3v) is 5.94. The average Bonchev–Trinajstić information content (AvgIpc) is 3.61. The summed E-state index contributed by atoms with van der Waals surface area (Å²) in [5.74, 6) is 2.14. The molecule has 158 valence electrons. The summed E-state index contributed by atoms with van der Waals surface area (Å²) in [6.45, 7) is 4.64. The van der Waals surface area contributed by atoms with Crippen LogP contribution >= 0.6 is 0 Å². The van der Waals surface area contributed by atoms with Crippen LogP contribution in [0.4, 0.5) is 5.69 Å². The number of aromatic nitrogens is 1. The Labute approximate surface area is 176 Å². The number of carbonyl (C=O) groups is 1. The van der Waals surface area contributed by atoms with Crippen molar-refractivity contribution in [3.05, 3.63) is 48.3 Å². The van der Waals surface area contributed by atoms with E-state index in [1.54, 1.807) is 12.4 Å². The molecular formula is C23H27N3O4. The van der Waals surface area contributed by atoms with E-state index in [1.807, 2.05) is 23.1 Å². The zero-order valence-electron chi connectivity index (χ0n) is 17.0. The van der Waals surface area contributed by atoms with E-state index in [1.165, 1.54) is 12.8 Å². The van der Waals surface area contributed by atoms with Gasteiger partial charge in [-0.15, -0.1) is 0 Å². The largest absolute Gasteiger partial charge is 0.457 e. The van der Waals surface area contributed by atoms with Crippen LogP contribution in [0.15, 0.2) is 42.7 Å². The Hall–Kier alpha value is -2.64. The van der Waals surface area contributed by atoms with E-state index >= 15 is 0 Å². The summed E-state index contributed by atoms with van der Waals surface area (Å²) in [5.41, 5.74) is 2.01. The Kier molecular flexibility index (Phi) is 5.55. The molecule has 1 amide bonds. The Balaban J connectivity index is 1.39. The number of nitrogens with zero attached hydrogens (tertiary/aromatic N) is 3. The van der Waals surface area contributed by atoms with E-state index in [4.69, 9.17) is 14.2 Å². The normalized spacial score (nSPS) is 22.3.